The van der Waals surface area contributed by atoms with Gasteiger partial charge in [-0.25, -0.2) is 9.97 Å². The third kappa shape index (κ3) is 5.07. The summed E-state index contributed by atoms with van der Waals surface area (Å²) in [6, 6.07) is 17.2. The molecule has 2 aromatic carbocycles. The summed E-state index contributed by atoms with van der Waals surface area (Å²) in [6.45, 7) is 4.45. The van der Waals surface area contributed by atoms with Crippen molar-refractivity contribution in [1.29, 1.82) is 0 Å². The number of nitrogens with zero attached hydrogens (tertiary/aromatic N) is 2. The predicted molar refractivity (Wildman–Crippen MR) is 111 cm³/mol. The van der Waals surface area contributed by atoms with Crippen molar-refractivity contribution in [2.75, 3.05) is 17.7 Å². The maximum absolute atomic E-state index is 12.6. The first-order chi connectivity index (χ1) is 13.6. The van der Waals surface area contributed by atoms with Crippen molar-refractivity contribution in [2.24, 2.45) is 0 Å². The fourth-order valence-corrected chi connectivity index (χ4v) is 2.73. The van der Waals surface area contributed by atoms with Crippen LogP contribution in [-0.2, 0) is 13.0 Å². The zero-order valence-corrected chi connectivity index (χ0v) is 16.3. The largest absolute Gasteiger partial charge is 0.497 e. The minimum absolute atomic E-state index is 0.262. The summed E-state index contributed by atoms with van der Waals surface area (Å²) in [5.74, 6) is 1.69. The molecule has 0 saturated heterocycles. The van der Waals surface area contributed by atoms with Crippen molar-refractivity contribution in [1.82, 2.24) is 9.97 Å². The number of aryl methyl sites for hydroxylation is 2. The maximum Gasteiger partial charge on any atom is 0.274 e. The Morgan fingerprint density at radius 3 is 2.32 bits per heavy atom. The monoisotopic (exact) mass is 376 g/mol. The van der Waals surface area contributed by atoms with Gasteiger partial charge in [0.15, 0.2) is 0 Å². The zero-order chi connectivity index (χ0) is 19.9. The fourth-order valence-electron chi connectivity index (χ4n) is 2.73. The van der Waals surface area contributed by atoms with Gasteiger partial charge in [-0.1, -0.05) is 31.2 Å². The molecule has 3 rings (SSSR count). The van der Waals surface area contributed by atoms with Crippen LogP contribution in [0.1, 0.15) is 34.4 Å². The Morgan fingerprint density at radius 2 is 1.68 bits per heavy atom. The second-order valence-electron chi connectivity index (χ2n) is 6.39. The van der Waals surface area contributed by atoms with Gasteiger partial charge in [-0.2, -0.15) is 0 Å². The smallest absolute Gasteiger partial charge is 0.274 e. The van der Waals surface area contributed by atoms with E-state index < -0.39 is 0 Å². The number of rotatable bonds is 7. The molecule has 1 aromatic heterocycles. The van der Waals surface area contributed by atoms with E-state index >= 15 is 0 Å². The van der Waals surface area contributed by atoms with E-state index in [1.807, 2.05) is 48.5 Å². The van der Waals surface area contributed by atoms with Crippen LogP contribution in [0.15, 0.2) is 54.6 Å². The summed E-state index contributed by atoms with van der Waals surface area (Å²) in [7, 11) is 1.64. The molecule has 0 spiro atoms. The van der Waals surface area contributed by atoms with Gasteiger partial charge in [0.05, 0.1) is 7.11 Å². The van der Waals surface area contributed by atoms with E-state index in [4.69, 9.17) is 4.74 Å². The number of amides is 1. The van der Waals surface area contributed by atoms with Gasteiger partial charge in [0.2, 0.25) is 0 Å². The van der Waals surface area contributed by atoms with Gasteiger partial charge in [0.25, 0.3) is 5.91 Å². The van der Waals surface area contributed by atoms with Gasteiger partial charge in [-0.15, -0.1) is 0 Å². The molecular formula is C22H24N4O2. The number of carbonyl (C=O) groups is 1. The summed E-state index contributed by atoms with van der Waals surface area (Å²) in [6.07, 6.45) is 0.961. The van der Waals surface area contributed by atoms with E-state index in [9.17, 15) is 4.79 Å². The summed E-state index contributed by atoms with van der Waals surface area (Å²) < 4.78 is 5.17. The summed E-state index contributed by atoms with van der Waals surface area (Å²) in [5.41, 5.74) is 3.37. The number of methoxy groups -OCH3 is 1. The summed E-state index contributed by atoms with van der Waals surface area (Å²) in [4.78, 5) is 21.2. The van der Waals surface area contributed by atoms with Gasteiger partial charge in [-0.3, -0.25) is 4.79 Å². The molecule has 3 aromatic rings. The number of carbonyl (C=O) groups excluding carboxylic acids is 1. The number of hydrogen-bond acceptors (Lipinski definition) is 5. The van der Waals surface area contributed by atoms with Crippen LogP contribution < -0.4 is 15.4 Å². The average molecular weight is 376 g/mol. The Bertz CT molecular complexity index is 938. The van der Waals surface area contributed by atoms with E-state index in [2.05, 4.69) is 27.5 Å². The van der Waals surface area contributed by atoms with Gasteiger partial charge < -0.3 is 15.4 Å². The lowest BCUT2D eigenvalue weighted by molar-refractivity contribution is 0.102. The van der Waals surface area contributed by atoms with Crippen LogP contribution in [0.5, 0.6) is 5.75 Å². The molecule has 0 unspecified atom stereocenters. The van der Waals surface area contributed by atoms with Gasteiger partial charge >= 0.3 is 0 Å². The number of aromatic nitrogens is 2. The molecule has 6 nitrogen and oxygen atoms in total. The maximum atomic E-state index is 12.6. The first-order valence-corrected chi connectivity index (χ1v) is 9.20. The highest BCUT2D eigenvalue weighted by Crippen LogP contribution is 2.15. The molecule has 0 atom stereocenters. The van der Waals surface area contributed by atoms with E-state index in [1.165, 1.54) is 5.56 Å². The molecule has 0 saturated carbocycles. The molecule has 2 N–H and O–H groups in total. The molecule has 0 aliphatic rings. The number of anilines is 2. The molecule has 1 amide bonds. The van der Waals surface area contributed by atoms with E-state index in [-0.39, 0.29) is 5.91 Å². The molecule has 0 bridgehead atoms. The van der Waals surface area contributed by atoms with Crippen molar-refractivity contribution in [2.45, 2.75) is 26.8 Å². The van der Waals surface area contributed by atoms with Crippen molar-refractivity contribution in [3.63, 3.8) is 0 Å². The van der Waals surface area contributed by atoms with Crippen LogP contribution in [0.2, 0.25) is 0 Å². The van der Waals surface area contributed by atoms with Crippen molar-refractivity contribution >= 4 is 17.4 Å². The minimum Gasteiger partial charge on any atom is -0.497 e. The molecule has 1 heterocycles. The second-order valence-corrected chi connectivity index (χ2v) is 6.39. The van der Waals surface area contributed by atoms with Crippen LogP contribution >= 0.6 is 0 Å². The third-order valence-electron chi connectivity index (χ3n) is 4.32. The lowest BCUT2D eigenvalue weighted by atomic mass is 10.1. The van der Waals surface area contributed by atoms with Crippen molar-refractivity contribution in [3.8, 4) is 5.75 Å². The highest BCUT2D eigenvalue weighted by molar-refractivity contribution is 6.03. The number of ether oxygens (including phenoxy) is 1. The lowest BCUT2D eigenvalue weighted by Crippen LogP contribution is -2.16. The SMILES string of the molecule is CCc1ccc(NC(=O)c2cc(NCc3ccc(OC)cc3)nc(C)n2)cc1. The van der Waals surface area contributed by atoms with Gasteiger partial charge in [-0.05, 0) is 48.7 Å². The number of nitrogens with one attached hydrogen (secondary N) is 2. The average Bonchev–Trinajstić information content (AvgIpc) is 2.72. The minimum atomic E-state index is -0.262. The van der Waals surface area contributed by atoms with Gasteiger partial charge in [0.1, 0.15) is 23.1 Å². The molecule has 0 radical (unpaired) electrons. The normalized spacial score (nSPS) is 10.4. The van der Waals surface area contributed by atoms with E-state index in [0.717, 1.165) is 23.4 Å². The Morgan fingerprint density at radius 1 is 1.00 bits per heavy atom. The van der Waals surface area contributed by atoms with E-state index in [0.29, 0.717) is 23.9 Å². The Balaban J connectivity index is 1.68. The molecule has 0 aliphatic heterocycles. The molecular weight excluding hydrogens is 352 g/mol. The Labute approximate surface area is 165 Å². The standard InChI is InChI=1S/C22H24N4O2/c1-4-16-5-9-18(10-6-16)26-22(27)20-13-21(25-15(2)24-20)23-14-17-7-11-19(28-3)12-8-17/h5-13H,4,14H2,1-3H3,(H,26,27)(H,23,24,25). The zero-order valence-electron chi connectivity index (χ0n) is 16.3. The molecule has 0 fully saturated rings. The third-order valence-corrected chi connectivity index (χ3v) is 4.32. The first-order valence-electron chi connectivity index (χ1n) is 9.20. The van der Waals surface area contributed by atoms with Crippen molar-refractivity contribution < 1.29 is 9.53 Å². The molecule has 144 valence electrons. The molecule has 6 heteroatoms. The number of benzene rings is 2. The fraction of sp³-hybridized carbons (Fsp3) is 0.227. The molecule has 28 heavy (non-hydrogen) atoms. The predicted octanol–water partition coefficient (Wildman–Crippen LogP) is 4.22. The van der Waals surface area contributed by atoms with Crippen molar-refractivity contribution in [3.05, 3.63) is 77.2 Å². The van der Waals surface area contributed by atoms with Gasteiger partial charge in [0, 0.05) is 18.3 Å². The summed E-state index contributed by atoms with van der Waals surface area (Å²) in [5, 5.41) is 6.12. The Kier molecular flexibility index (Phi) is 6.22. The number of hydrogen-bond donors (Lipinski definition) is 2. The first kappa shape index (κ1) is 19.4. The van der Waals surface area contributed by atoms with Crippen LogP contribution in [0.3, 0.4) is 0 Å². The highest BCUT2D eigenvalue weighted by atomic mass is 16.5. The van der Waals surface area contributed by atoms with E-state index in [1.54, 1.807) is 20.1 Å². The quantitative estimate of drug-likeness (QED) is 0.646. The topological polar surface area (TPSA) is 76.1 Å². The van der Waals surface area contributed by atoms with Crippen LogP contribution in [0, 0.1) is 6.92 Å². The second kappa shape index (κ2) is 8.99. The van der Waals surface area contributed by atoms with Crippen LogP contribution in [0.4, 0.5) is 11.5 Å². The molecule has 0 aliphatic carbocycles. The Hall–Kier alpha value is -3.41. The highest BCUT2D eigenvalue weighted by Gasteiger charge is 2.11. The summed E-state index contributed by atoms with van der Waals surface area (Å²) >= 11 is 0. The van der Waals surface area contributed by atoms with Crippen LogP contribution in [0.25, 0.3) is 0 Å². The lowest BCUT2D eigenvalue weighted by Gasteiger charge is -2.10. The van der Waals surface area contributed by atoms with Crippen LogP contribution in [-0.4, -0.2) is 23.0 Å².